The van der Waals surface area contributed by atoms with E-state index >= 15 is 0 Å². The first kappa shape index (κ1) is 8.89. The maximum atomic E-state index is 5.33. The molecule has 0 aliphatic heterocycles. The van der Waals surface area contributed by atoms with Gasteiger partial charge in [0.25, 0.3) is 0 Å². The van der Waals surface area contributed by atoms with Gasteiger partial charge in [-0.25, -0.2) is 10.4 Å². The molecule has 5 heteroatoms. The summed E-state index contributed by atoms with van der Waals surface area (Å²) < 4.78 is 0. The van der Waals surface area contributed by atoms with Crippen LogP contribution in [0.2, 0.25) is 0 Å². The van der Waals surface area contributed by atoms with Crippen LogP contribution in [0.1, 0.15) is 25.7 Å². The molecule has 0 bridgehead atoms. The maximum absolute atomic E-state index is 5.33. The summed E-state index contributed by atoms with van der Waals surface area (Å²) >= 11 is 0. The molecule has 0 aliphatic carbocycles. The third-order valence-electron chi connectivity index (χ3n) is 1.41. The topological polar surface area (TPSA) is 79.6 Å². The first-order valence-corrected chi connectivity index (χ1v) is 3.70. The molecular formula is C7H13N5. The first-order valence-electron chi connectivity index (χ1n) is 3.70. The minimum Gasteiger partial charge on any atom is -0.270 e. The van der Waals surface area contributed by atoms with Crippen LogP contribution in [-0.2, 0) is 0 Å². The lowest BCUT2D eigenvalue weighted by Gasteiger charge is -2.07. The summed E-state index contributed by atoms with van der Waals surface area (Å²) in [6.07, 6.45) is 3.43. The van der Waals surface area contributed by atoms with Crippen LogP contribution < -0.4 is 11.3 Å². The van der Waals surface area contributed by atoms with Gasteiger partial charge in [-0.05, 0) is 13.8 Å². The summed E-state index contributed by atoms with van der Waals surface area (Å²) in [4.78, 5) is 3.99. The van der Waals surface area contributed by atoms with Gasteiger partial charge in [0.1, 0.15) is 12.2 Å². The zero-order chi connectivity index (χ0) is 8.97. The highest BCUT2D eigenvalue weighted by atomic mass is 15.3. The Bertz CT molecular complexity index is 247. The molecule has 66 valence electrons. The second-order valence-corrected chi connectivity index (χ2v) is 2.76. The number of aromatic amines is 1. The van der Waals surface area contributed by atoms with Gasteiger partial charge in [-0.15, -0.1) is 0 Å². The number of hydrazine groups is 1. The van der Waals surface area contributed by atoms with Crippen LogP contribution >= 0.6 is 0 Å². The molecule has 0 aromatic carbocycles. The van der Waals surface area contributed by atoms with E-state index in [1.807, 2.05) is 19.9 Å². The lowest BCUT2D eigenvalue weighted by molar-refractivity contribution is 0.618. The van der Waals surface area contributed by atoms with Gasteiger partial charge in [0.05, 0.1) is 6.04 Å². The van der Waals surface area contributed by atoms with Crippen LogP contribution in [0, 0.1) is 0 Å². The van der Waals surface area contributed by atoms with Crippen molar-refractivity contribution >= 4 is 0 Å². The SMILES string of the molecule is CC(C)=CC(NN)c1ncn[nH]1. The Morgan fingerprint density at radius 1 is 1.75 bits per heavy atom. The summed E-state index contributed by atoms with van der Waals surface area (Å²) in [6.45, 7) is 4.00. The van der Waals surface area contributed by atoms with Gasteiger partial charge >= 0.3 is 0 Å². The third-order valence-corrected chi connectivity index (χ3v) is 1.41. The van der Waals surface area contributed by atoms with Crippen LogP contribution in [0.15, 0.2) is 18.0 Å². The lowest BCUT2D eigenvalue weighted by Crippen LogP contribution is -2.27. The fourth-order valence-corrected chi connectivity index (χ4v) is 0.904. The molecule has 0 fully saturated rings. The van der Waals surface area contributed by atoms with E-state index in [2.05, 4.69) is 20.6 Å². The van der Waals surface area contributed by atoms with Crippen molar-refractivity contribution in [3.8, 4) is 0 Å². The number of nitrogens with one attached hydrogen (secondary N) is 2. The highest BCUT2D eigenvalue weighted by Gasteiger charge is 2.07. The van der Waals surface area contributed by atoms with Crippen molar-refractivity contribution in [1.82, 2.24) is 20.6 Å². The van der Waals surface area contributed by atoms with Gasteiger partial charge in [0.2, 0.25) is 0 Å². The molecule has 1 unspecified atom stereocenters. The normalized spacial score (nSPS) is 12.6. The van der Waals surface area contributed by atoms with Crippen molar-refractivity contribution in [2.45, 2.75) is 19.9 Å². The van der Waals surface area contributed by atoms with Crippen molar-refractivity contribution < 1.29 is 0 Å². The smallest absolute Gasteiger partial charge is 0.146 e. The van der Waals surface area contributed by atoms with E-state index in [0.717, 1.165) is 5.82 Å². The largest absolute Gasteiger partial charge is 0.270 e. The van der Waals surface area contributed by atoms with Crippen LogP contribution in [0.4, 0.5) is 0 Å². The number of hydrogen-bond donors (Lipinski definition) is 3. The van der Waals surface area contributed by atoms with E-state index in [9.17, 15) is 0 Å². The van der Waals surface area contributed by atoms with Crippen LogP contribution in [0.5, 0.6) is 0 Å². The average Bonchev–Trinajstić information content (AvgIpc) is 2.51. The van der Waals surface area contributed by atoms with E-state index < -0.39 is 0 Å². The van der Waals surface area contributed by atoms with Gasteiger partial charge in [-0.1, -0.05) is 11.6 Å². The molecular weight excluding hydrogens is 154 g/mol. The Kier molecular flexibility index (Phi) is 2.95. The molecule has 0 saturated carbocycles. The zero-order valence-corrected chi connectivity index (χ0v) is 7.20. The monoisotopic (exact) mass is 167 g/mol. The summed E-state index contributed by atoms with van der Waals surface area (Å²) in [5.41, 5.74) is 3.80. The molecule has 0 saturated heterocycles. The fourth-order valence-electron chi connectivity index (χ4n) is 0.904. The Labute approximate surface area is 71.0 Å². The van der Waals surface area contributed by atoms with Gasteiger partial charge in [-0.3, -0.25) is 10.9 Å². The quantitative estimate of drug-likeness (QED) is 0.343. The maximum Gasteiger partial charge on any atom is 0.146 e. The predicted molar refractivity (Wildman–Crippen MR) is 45.9 cm³/mol. The molecule has 0 spiro atoms. The number of allylic oxidation sites excluding steroid dienone is 1. The highest BCUT2D eigenvalue weighted by Crippen LogP contribution is 2.08. The van der Waals surface area contributed by atoms with Crippen molar-refractivity contribution in [2.24, 2.45) is 5.84 Å². The first-order chi connectivity index (χ1) is 5.74. The summed E-state index contributed by atoms with van der Waals surface area (Å²) in [6, 6.07) is -0.0856. The predicted octanol–water partition coefficient (Wildman–Crippen LogP) is 0.275. The van der Waals surface area contributed by atoms with Crippen molar-refractivity contribution in [3.63, 3.8) is 0 Å². The van der Waals surface area contributed by atoms with E-state index in [1.165, 1.54) is 11.9 Å². The van der Waals surface area contributed by atoms with Crippen LogP contribution in [0.25, 0.3) is 0 Å². The molecule has 1 atom stereocenters. The molecule has 1 aromatic rings. The molecule has 0 aliphatic rings. The van der Waals surface area contributed by atoms with Gasteiger partial charge in [0, 0.05) is 0 Å². The Morgan fingerprint density at radius 2 is 2.50 bits per heavy atom. The standard InChI is InChI=1S/C7H13N5/c1-5(2)3-6(11-8)7-9-4-10-12-7/h3-4,6,11H,8H2,1-2H3,(H,9,10,12). The second kappa shape index (κ2) is 3.99. The summed E-state index contributed by atoms with van der Waals surface area (Å²) in [5, 5.41) is 6.48. The molecule has 0 radical (unpaired) electrons. The molecule has 1 rings (SSSR count). The molecule has 4 N–H and O–H groups in total. The van der Waals surface area contributed by atoms with Gasteiger partial charge in [0.15, 0.2) is 0 Å². The van der Waals surface area contributed by atoms with Gasteiger partial charge in [-0.2, -0.15) is 5.10 Å². The number of aromatic nitrogens is 3. The van der Waals surface area contributed by atoms with E-state index in [1.54, 1.807) is 0 Å². The number of rotatable bonds is 3. The minimum absolute atomic E-state index is 0.0856. The average molecular weight is 167 g/mol. The number of nitrogens with zero attached hydrogens (tertiary/aromatic N) is 2. The van der Waals surface area contributed by atoms with Crippen molar-refractivity contribution in [3.05, 3.63) is 23.8 Å². The Balaban J connectivity index is 2.77. The van der Waals surface area contributed by atoms with E-state index in [-0.39, 0.29) is 6.04 Å². The summed E-state index contributed by atoms with van der Waals surface area (Å²) in [7, 11) is 0. The lowest BCUT2D eigenvalue weighted by atomic mass is 10.2. The molecule has 1 aromatic heterocycles. The van der Waals surface area contributed by atoms with Crippen LogP contribution in [-0.4, -0.2) is 15.2 Å². The van der Waals surface area contributed by atoms with Crippen LogP contribution in [0.3, 0.4) is 0 Å². The molecule has 1 heterocycles. The number of hydrogen-bond acceptors (Lipinski definition) is 4. The Hall–Kier alpha value is -1.20. The number of nitrogens with two attached hydrogens (primary N) is 1. The fraction of sp³-hybridized carbons (Fsp3) is 0.429. The van der Waals surface area contributed by atoms with Crippen molar-refractivity contribution in [2.75, 3.05) is 0 Å². The molecule has 5 nitrogen and oxygen atoms in total. The second-order valence-electron chi connectivity index (χ2n) is 2.76. The van der Waals surface area contributed by atoms with Gasteiger partial charge < -0.3 is 0 Å². The van der Waals surface area contributed by atoms with Crippen molar-refractivity contribution in [1.29, 1.82) is 0 Å². The number of H-pyrrole nitrogens is 1. The zero-order valence-electron chi connectivity index (χ0n) is 7.20. The molecule has 0 amide bonds. The Morgan fingerprint density at radius 3 is 2.92 bits per heavy atom. The third kappa shape index (κ3) is 2.14. The highest BCUT2D eigenvalue weighted by molar-refractivity contribution is 5.08. The molecule has 12 heavy (non-hydrogen) atoms. The van der Waals surface area contributed by atoms with E-state index in [4.69, 9.17) is 5.84 Å². The minimum atomic E-state index is -0.0856. The van der Waals surface area contributed by atoms with E-state index in [0.29, 0.717) is 0 Å². The summed E-state index contributed by atoms with van der Waals surface area (Å²) in [5.74, 6) is 6.05.